The molecule has 1 saturated heterocycles. The maximum Gasteiger partial charge on any atom is 0.332 e. The molecule has 0 spiro atoms. The predicted molar refractivity (Wildman–Crippen MR) is 77.7 cm³/mol. The van der Waals surface area contributed by atoms with E-state index in [1.54, 1.807) is 20.8 Å². The Kier molecular flexibility index (Phi) is 6.45. The summed E-state index contributed by atoms with van der Waals surface area (Å²) in [5.41, 5.74) is 8.18. The van der Waals surface area contributed by atoms with Crippen LogP contribution in [0.3, 0.4) is 0 Å². The highest BCUT2D eigenvalue weighted by atomic mass is 16.6. The second-order valence-electron chi connectivity index (χ2n) is 6.31. The van der Waals surface area contributed by atoms with Crippen molar-refractivity contribution in [1.82, 2.24) is 0 Å². The number of carbonyl (C=O) groups excluding carboxylic acids is 1. The fraction of sp³-hybridized carbons (Fsp3) is 0.929. The Morgan fingerprint density at radius 3 is 2.67 bits per heavy atom. The molecule has 0 aromatic carbocycles. The van der Waals surface area contributed by atoms with E-state index in [4.69, 9.17) is 19.7 Å². The van der Waals surface area contributed by atoms with Gasteiger partial charge in [0.15, 0.2) is 0 Å². The van der Waals surface area contributed by atoms with Crippen LogP contribution in [0.25, 0.3) is 10.4 Å². The lowest BCUT2D eigenvalue weighted by Crippen LogP contribution is -2.49. The zero-order valence-corrected chi connectivity index (χ0v) is 13.4. The van der Waals surface area contributed by atoms with Crippen molar-refractivity contribution in [3.8, 4) is 0 Å². The molecule has 1 aliphatic rings. The number of azide groups is 1. The average Bonchev–Trinajstić information content (AvgIpc) is 2.36. The first-order chi connectivity index (χ1) is 9.78. The van der Waals surface area contributed by atoms with Crippen molar-refractivity contribution in [2.75, 3.05) is 13.2 Å². The SMILES string of the molecule is CCC1OCC(C)[C@@H](OCC(=O)OC(C)(C)C)[C@H]1N=[N+]=[N-]. The minimum atomic E-state index is -0.544. The van der Waals surface area contributed by atoms with Crippen LogP contribution in [0.1, 0.15) is 41.0 Å². The van der Waals surface area contributed by atoms with Crippen LogP contribution in [0.2, 0.25) is 0 Å². The van der Waals surface area contributed by atoms with E-state index in [1.165, 1.54) is 0 Å². The molecule has 4 atom stereocenters. The van der Waals surface area contributed by atoms with Gasteiger partial charge in [-0.05, 0) is 32.7 Å². The van der Waals surface area contributed by atoms with Crippen LogP contribution in [0.5, 0.6) is 0 Å². The van der Waals surface area contributed by atoms with Crippen LogP contribution in [0, 0.1) is 5.92 Å². The molecule has 0 radical (unpaired) electrons. The van der Waals surface area contributed by atoms with Gasteiger partial charge < -0.3 is 14.2 Å². The minimum Gasteiger partial charge on any atom is -0.458 e. The van der Waals surface area contributed by atoms with E-state index in [-0.39, 0.29) is 24.7 Å². The Morgan fingerprint density at radius 2 is 2.14 bits per heavy atom. The normalized spacial score (nSPS) is 29.6. The Balaban J connectivity index is 2.68. The average molecular weight is 299 g/mol. The molecule has 1 rings (SSSR count). The van der Waals surface area contributed by atoms with Crippen molar-refractivity contribution in [1.29, 1.82) is 0 Å². The van der Waals surface area contributed by atoms with E-state index in [1.807, 2.05) is 13.8 Å². The summed E-state index contributed by atoms with van der Waals surface area (Å²) in [5, 5.41) is 3.80. The van der Waals surface area contributed by atoms with Crippen molar-refractivity contribution in [3.05, 3.63) is 10.4 Å². The fourth-order valence-electron chi connectivity index (χ4n) is 2.37. The summed E-state index contributed by atoms with van der Waals surface area (Å²) in [4.78, 5) is 14.6. The second kappa shape index (κ2) is 7.64. The van der Waals surface area contributed by atoms with Crippen molar-refractivity contribution in [2.45, 2.75) is 64.9 Å². The Bertz CT molecular complexity index is 402. The monoisotopic (exact) mass is 299 g/mol. The number of nitrogens with zero attached hydrogens (tertiary/aromatic N) is 3. The zero-order chi connectivity index (χ0) is 16.0. The zero-order valence-electron chi connectivity index (χ0n) is 13.4. The van der Waals surface area contributed by atoms with E-state index in [0.717, 1.165) is 6.42 Å². The molecule has 0 aromatic heterocycles. The summed E-state index contributed by atoms with van der Waals surface area (Å²) < 4.78 is 16.6. The van der Waals surface area contributed by atoms with Crippen molar-refractivity contribution < 1.29 is 19.0 Å². The van der Waals surface area contributed by atoms with Gasteiger partial charge in [-0.2, -0.15) is 0 Å². The molecule has 7 nitrogen and oxygen atoms in total. The maximum atomic E-state index is 11.7. The molecular formula is C14H25N3O4. The van der Waals surface area contributed by atoms with Gasteiger partial charge in [-0.3, -0.25) is 0 Å². The van der Waals surface area contributed by atoms with Crippen LogP contribution in [-0.2, 0) is 19.0 Å². The summed E-state index contributed by atoms with van der Waals surface area (Å²) in [5.74, 6) is -0.375. The van der Waals surface area contributed by atoms with E-state index >= 15 is 0 Å². The van der Waals surface area contributed by atoms with Gasteiger partial charge in [0.1, 0.15) is 12.2 Å². The molecule has 0 amide bonds. The topological polar surface area (TPSA) is 93.5 Å². The highest BCUT2D eigenvalue weighted by Gasteiger charge is 2.38. The molecule has 1 aliphatic heterocycles. The molecule has 0 aliphatic carbocycles. The van der Waals surface area contributed by atoms with Crippen LogP contribution in [0.4, 0.5) is 0 Å². The van der Waals surface area contributed by atoms with Crippen molar-refractivity contribution >= 4 is 5.97 Å². The summed E-state index contributed by atoms with van der Waals surface area (Å²) in [6.07, 6.45) is 0.204. The van der Waals surface area contributed by atoms with E-state index in [9.17, 15) is 4.79 Å². The number of hydrogen-bond acceptors (Lipinski definition) is 5. The second-order valence-corrected chi connectivity index (χ2v) is 6.31. The van der Waals surface area contributed by atoms with Crippen LogP contribution in [0.15, 0.2) is 5.11 Å². The number of ether oxygens (including phenoxy) is 3. The lowest BCUT2D eigenvalue weighted by Gasteiger charge is -2.39. The minimum absolute atomic E-state index is 0.0470. The van der Waals surface area contributed by atoms with Gasteiger partial charge in [0, 0.05) is 10.8 Å². The predicted octanol–water partition coefficient (Wildman–Crippen LogP) is 2.84. The third-order valence-corrected chi connectivity index (χ3v) is 3.25. The third kappa shape index (κ3) is 5.53. The molecule has 21 heavy (non-hydrogen) atoms. The lowest BCUT2D eigenvalue weighted by atomic mass is 9.91. The number of esters is 1. The standard InChI is InChI=1S/C14H25N3O4/c1-6-10-12(16-17-15)13(9(2)7-19-10)20-8-11(18)21-14(3,4)5/h9-10,12-13H,6-8H2,1-5H3/t9?,10?,12-,13+/m0/s1. The summed E-state index contributed by atoms with van der Waals surface area (Å²) in [7, 11) is 0. The fourth-order valence-corrected chi connectivity index (χ4v) is 2.37. The number of rotatable bonds is 5. The molecule has 7 heteroatoms. The summed E-state index contributed by atoms with van der Waals surface area (Å²) in [6.45, 7) is 9.69. The first-order valence-electron chi connectivity index (χ1n) is 7.27. The van der Waals surface area contributed by atoms with Gasteiger partial charge in [0.2, 0.25) is 0 Å². The van der Waals surface area contributed by atoms with Gasteiger partial charge in [-0.25, -0.2) is 4.79 Å². The smallest absolute Gasteiger partial charge is 0.332 e. The van der Waals surface area contributed by atoms with Gasteiger partial charge in [-0.1, -0.05) is 19.0 Å². The third-order valence-electron chi connectivity index (χ3n) is 3.25. The number of carbonyl (C=O) groups is 1. The Labute approximate surface area is 125 Å². The molecule has 1 fully saturated rings. The largest absolute Gasteiger partial charge is 0.458 e. The molecule has 2 unspecified atom stereocenters. The first-order valence-corrected chi connectivity index (χ1v) is 7.27. The molecule has 1 heterocycles. The Hall–Kier alpha value is -1.30. The van der Waals surface area contributed by atoms with Crippen LogP contribution >= 0.6 is 0 Å². The quantitative estimate of drug-likeness (QED) is 0.337. The molecular weight excluding hydrogens is 274 g/mol. The van der Waals surface area contributed by atoms with Gasteiger partial charge in [-0.15, -0.1) is 0 Å². The molecule has 0 N–H and O–H groups in total. The lowest BCUT2D eigenvalue weighted by molar-refractivity contribution is -0.170. The molecule has 0 saturated carbocycles. The van der Waals surface area contributed by atoms with E-state index in [0.29, 0.717) is 6.61 Å². The maximum absolute atomic E-state index is 11.7. The van der Waals surface area contributed by atoms with E-state index in [2.05, 4.69) is 10.0 Å². The summed E-state index contributed by atoms with van der Waals surface area (Å²) in [6, 6.07) is -0.425. The molecule has 120 valence electrons. The van der Waals surface area contributed by atoms with Gasteiger partial charge >= 0.3 is 5.97 Å². The highest BCUT2D eigenvalue weighted by molar-refractivity contribution is 5.71. The Morgan fingerprint density at radius 1 is 1.48 bits per heavy atom. The van der Waals surface area contributed by atoms with Crippen molar-refractivity contribution in [2.24, 2.45) is 11.0 Å². The molecule has 0 bridgehead atoms. The van der Waals surface area contributed by atoms with Crippen molar-refractivity contribution in [3.63, 3.8) is 0 Å². The summed E-state index contributed by atoms with van der Waals surface area (Å²) >= 11 is 0. The highest BCUT2D eigenvalue weighted by Crippen LogP contribution is 2.27. The van der Waals surface area contributed by atoms with Gasteiger partial charge in [0.25, 0.3) is 0 Å². The van der Waals surface area contributed by atoms with Crippen LogP contribution in [-0.4, -0.2) is 43.0 Å². The molecule has 0 aromatic rings. The van der Waals surface area contributed by atoms with Crippen LogP contribution < -0.4 is 0 Å². The first kappa shape index (κ1) is 17.8. The van der Waals surface area contributed by atoms with Gasteiger partial charge in [0.05, 0.1) is 24.9 Å². The number of hydrogen-bond donors (Lipinski definition) is 0. The van der Waals surface area contributed by atoms with E-state index < -0.39 is 17.6 Å².